The summed E-state index contributed by atoms with van der Waals surface area (Å²) in [5, 5.41) is 7.54. The average Bonchev–Trinajstić information content (AvgIpc) is 2.80. The quantitative estimate of drug-likeness (QED) is 0.330. The fourth-order valence-electron chi connectivity index (χ4n) is 3.04. The van der Waals surface area contributed by atoms with Crippen molar-refractivity contribution in [2.24, 2.45) is 0 Å². The number of amides is 4. The summed E-state index contributed by atoms with van der Waals surface area (Å²) in [6.45, 7) is 1.98. The number of halogens is 3. The van der Waals surface area contributed by atoms with Gasteiger partial charge in [0, 0.05) is 17.9 Å². The number of hydrogen-bond acceptors (Lipinski definition) is 5. The van der Waals surface area contributed by atoms with Crippen LogP contribution in [0.2, 0.25) is 0 Å². The van der Waals surface area contributed by atoms with Gasteiger partial charge in [0.05, 0.1) is 4.90 Å². The molecule has 9 nitrogen and oxygen atoms in total. The molecule has 3 aromatic rings. The minimum absolute atomic E-state index is 0.0205. The second-order valence-corrected chi connectivity index (χ2v) is 9.46. The van der Waals surface area contributed by atoms with Crippen molar-refractivity contribution in [3.8, 4) is 5.75 Å². The Morgan fingerprint density at radius 3 is 1.89 bits per heavy atom. The van der Waals surface area contributed by atoms with E-state index in [9.17, 15) is 31.2 Å². The van der Waals surface area contributed by atoms with Gasteiger partial charge in [-0.05, 0) is 67.4 Å². The van der Waals surface area contributed by atoms with Crippen LogP contribution in [-0.4, -0.2) is 33.4 Å². The molecule has 3 rings (SSSR count). The van der Waals surface area contributed by atoms with E-state index >= 15 is 0 Å². The zero-order valence-corrected chi connectivity index (χ0v) is 20.2. The summed E-state index contributed by atoms with van der Waals surface area (Å²) in [6.07, 6.45) is -4.40. The molecule has 3 aromatic carbocycles. The first-order chi connectivity index (χ1) is 17.4. The Kier molecular flexibility index (Phi) is 8.60. The van der Waals surface area contributed by atoms with E-state index in [1.165, 1.54) is 24.3 Å². The molecule has 0 saturated heterocycles. The predicted octanol–water partition coefficient (Wildman–Crippen LogP) is 4.77. The first kappa shape index (κ1) is 27.3. The highest BCUT2D eigenvalue weighted by molar-refractivity contribution is 7.90. The van der Waals surface area contributed by atoms with Crippen LogP contribution in [0.5, 0.6) is 5.75 Å². The van der Waals surface area contributed by atoms with Gasteiger partial charge in [0.25, 0.3) is 10.0 Å². The minimum atomic E-state index is -4.80. The number of sulfonamides is 1. The van der Waals surface area contributed by atoms with Crippen molar-refractivity contribution >= 4 is 33.5 Å². The lowest BCUT2D eigenvalue weighted by atomic mass is 10.1. The van der Waals surface area contributed by atoms with Crippen LogP contribution in [0.25, 0.3) is 0 Å². The number of hydrogen-bond donors (Lipinski definition) is 4. The van der Waals surface area contributed by atoms with E-state index < -0.39 is 34.2 Å². The van der Waals surface area contributed by atoms with Crippen LogP contribution in [0, 0.1) is 6.92 Å². The summed E-state index contributed by atoms with van der Waals surface area (Å²) < 4.78 is 66.8. The number of urea groups is 2. The van der Waals surface area contributed by atoms with Crippen LogP contribution in [0.1, 0.15) is 11.1 Å². The molecule has 0 unspecified atom stereocenters. The van der Waals surface area contributed by atoms with Crippen molar-refractivity contribution in [2.75, 3.05) is 17.2 Å². The Bertz CT molecular complexity index is 1330. The van der Waals surface area contributed by atoms with Crippen LogP contribution in [0.3, 0.4) is 0 Å². The highest BCUT2D eigenvalue weighted by atomic mass is 32.2. The lowest BCUT2D eigenvalue weighted by Crippen LogP contribution is -2.40. The maximum atomic E-state index is 12.2. The van der Waals surface area contributed by atoms with E-state index in [-0.39, 0.29) is 17.1 Å². The molecule has 0 spiro atoms. The molecule has 37 heavy (non-hydrogen) atoms. The molecular weight excluding hydrogens is 513 g/mol. The number of aryl methyl sites for hydroxylation is 1. The number of benzene rings is 3. The second-order valence-electron chi connectivity index (χ2n) is 7.77. The number of ether oxygens (including phenoxy) is 1. The maximum Gasteiger partial charge on any atom is 0.573 e. The first-order valence-electron chi connectivity index (χ1n) is 10.8. The molecule has 0 radical (unpaired) electrons. The molecule has 0 saturated carbocycles. The van der Waals surface area contributed by atoms with Crippen molar-refractivity contribution < 1.29 is 35.9 Å². The van der Waals surface area contributed by atoms with Gasteiger partial charge in [-0.25, -0.2) is 22.7 Å². The smallest absolute Gasteiger partial charge is 0.406 e. The zero-order chi connectivity index (χ0) is 27.1. The Hall–Kier alpha value is -4.26. The predicted molar refractivity (Wildman–Crippen MR) is 131 cm³/mol. The average molecular weight is 537 g/mol. The molecule has 0 aliphatic heterocycles. The fourth-order valence-corrected chi connectivity index (χ4v) is 3.97. The molecule has 0 fully saturated rings. The number of carbonyl (C=O) groups is 2. The molecule has 0 atom stereocenters. The SMILES string of the molecule is Cc1ccc(S(=O)(=O)NC(=O)NCCc2ccc(NC(=O)Nc3ccc(OC(F)(F)F)cc3)cc2)cc1. The van der Waals surface area contributed by atoms with Crippen molar-refractivity contribution in [3.63, 3.8) is 0 Å². The monoisotopic (exact) mass is 536 g/mol. The van der Waals surface area contributed by atoms with E-state index in [1.54, 1.807) is 36.4 Å². The van der Waals surface area contributed by atoms with Crippen molar-refractivity contribution in [1.29, 1.82) is 0 Å². The van der Waals surface area contributed by atoms with E-state index in [0.717, 1.165) is 23.3 Å². The fraction of sp³-hybridized carbons (Fsp3) is 0.167. The van der Waals surface area contributed by atoms with Crippen molar-refractivity contribution in [3.05, 3.63) is 83.9 Å². The van der Waals surface area contributed by atoms with Crippen LogP contribution in [0.4, 0.5) is 34.1 Å². The molecule has 0 bridgehead atoms. The van der Waals surface area contributed by atoms with E-state index in [1.807, 2.05) is 11.6 Å². The molecule has 0 heterocycles. The molecule has 4 amide bonds. The van der Waals surface area contributed by atoms with E-state index in [0.29, 0.717) is 12.1 Å². The van der Waals surface area contributed by atoms with E-state index in [2.05, 4.69) is 20.7 Å². The third-order valence-electron chi connectivity index (χ3n) is 4.82. The molecule has 0 aliphatic carbocycles. The Morgan fingerprint density at radius 1 is 0.811 bits per heavy atom. The van der Waals surface area contributed by atoms with E-state index in [4.69, 9.17) is 0 Å². The molecule has 13 heteroatoms. The number of alkyl halides is 3. The normalized spacial score (nSPS) is 11.4. The summed E-state index contributed by atoms with van der Waals surface area (Å²) in [7, 11) is -3.98. The van der Waals surface area contributed by atoms with Crippen LogP contribution < -0.4 is 25.4 Å². The number of rotatable bonds is 8. The summed E-state index contributed by atoms with van der Waals surface area (Å²) in [5.41, 5.74) is 2.41. The van der Waals surface area contributed by atoms with Gasteiger partial charge in [-0.2, -0.15) is 0 Å². The Labute approximate surface area is 211 Å². The highest BCUT2D eigenvalue weighted by Crippen LogP contribution is 2.24. The first-order valence-corrected chi connectivity index (χ1v) is 12.3. The molecule has 0 aliphatic rings. The van der Waals surface area contributed by atoms with Crippen LogP contribution >= 0.6 is 0 Å². The lowest BCUT2D eigenvalue weighted by molar-refractivity contribution is -0.274. The lowest BCUT2D eigenvalue weighted by Gasteiger charge is -2.11. The van der Waals surface area contributed by atoms with Gasteiger partial charge in [0.1, 0.15) is 5.75 Å². The van der Waals surface area contributed by atoms with Crippen LogP contribution in [-0.2, 0) is 16.4 Å². The number of carbonyl (C=O) groups excluding carboxylic acids is 2. The van der Waals surface area contributed by atoms with Gasteiger partial charge >= 0.3 is 18.4 Å². The largest absolute Gasteiger partial charge is 0.573 e. The van der Waals surface area contributed by atoms with Gasteiger partial charge in [-0.1, -0.05) is 29.8 Å². The van der Waals surface area contributed by atoms with Gasteiger partial charge in [-0.3, -0.25) is 0 Å². The summed E-state index contributed by atoms with van der Waals surface area (Å²) in [5.74, 6) is -0.408. The zero-order valence-electron chi connectivity index (χ0n) is 19.4. The third kappa shape index (κ3) is 9.04. The van der Waals surface area contributed by atoms with Crippen molar-refractivity contribution in [2.45, 2.75) is 24.6 Å². The topological polar surface area (TPSA) is 126 Å². The van der Waals surface area contributed by atoms with Gasteiger partial charge in [0.2, 0.25) is 0 Å². The number of anilines is 2. The number of nitrogens with one attached hydrogen (secondary N) is 4. The molecular formula is C24H23F3N4O5S. The maximum absolute atomic E-state index is 12.2. The molecule has 0 aromatic heterocycles. The standard InChI is InChI=1S/C24H23F3N4O5S/c1-16-2-12-21(13-3-16)37(34,35)31-22(32)28-15-14-17-4-6-18(7-5-17)29-23(33)30-19-8-10-20(11-9-19)36-24(25,26)27/h2-13H,14-15H2,1H3,(H2,28,31,32)(H2,29,30,33). The minimum Gasteiger partial charge on any atom is -0.406 e. The summed E-state index contributed by atoms with van der Waals surface area (Å²) >= 11 is 0. The summed E-state index contributed by atoms with van der Waals surface area (Å²) in [6, 6.07) is 15.9. The third-order valence-corrected chi connectivity index (χ3v) is 6.16. The molecule has 4 N–H and O–H groups in total. The van der Waals surface area contributed by atoms with Crippen LogP contribution in [0.15, 0.2) is 77.7 Å². The molecule has 196 valence electrons. The van der Waals surface area contributed by atoms with Gasteiger partial charge in [-0.15, -0.1) is 13.2 Å². The second kappa shape index (κ2) is 11.6. The Balaban J connectivity index is 1.42. The van der Waals surface area contributed by atoms with Crippen molar-refractivity contribution in [1.82, 2.24) is 10.0 Å². The van der Waals surface area contributed by atoms with Gasteiger partial charge in [0.15, 0.2) is 0 Å². The summed E-state index contributed by atoms with van der Waals surface area (Å²) in [4.78, 5) is 24.1. The highest BCUT2D eigenvalue weighted by Gasteiger charge is 2.31. The van der Waals surface area contributed by atoms with Gasteiger partial charge < -0.3 is 20.7 Å². The Morgan fingerprint density at radius 2 is 1.35 bits per heavy atom.